The summed E-state index contributed by atoms with van der Waals surface area (Å²) in [6.45, 7) is 3.62. The molecule has 0 radical (unpaired) electrons. The number of carbonyl (C=O) groups excluding carboxylic acids is 3. The third kappa shape index (κ3) is 10.1. The van der Waals surface area contributed by atoms with E-state index in [1.807, 2.05) is 24.3 Å². The Bertz CT molecular complexity index is 1270. The number of H-pyrrole nitrogens is 1. The average Bonchev–Trinajstić information content (AvgIpc) is 3.31. The van der Waals surface area contributed by atoms with Gasteiger partial charge in [0.2, 0.25) is 17.7 Å². The van der Waals surface area contributed by atoms with Crippen LogP contribution in [0.15, 0.2) is 35.5 Å². The normalized spacial score (nSPS) is 14.0. The van der Waals surface area contributed by atoms with Gasteiger partial charge in [0.1, 0.15) is 18.1 Å². The van der Waals surface area contributed by atoms with Gasteiger partial charge >= 0.3 is 11.9 Å². The number of para-hydroxylation sites is 1. The van der Waals surface area contributed by atoms with Gasteiger partial charge in [0.25, 0.3) is 0 Å². The van der Waals surface area contributed by atoms with Crippen LogP contribution in [0, 0.1) is 5.92 Å². The van der Waals surface area contributed by atoms with Crippen molar-refractivity contribution in [1.29, 1.82) is 0 Å². The molecule has 0 aliphatic rings. The smallest absolute Gasteiger partial charge is 0.326 e. The SMILES string of the molecule is CC(C)C(N)C(=O)NC(Cc1c[nH]c2ccccc12)C(=O)NC(CCCN=C(N)N)C(=O)NC(CC(=O)O)C(=O)O. The van der Waals surface area contributed by atoms with Gasteiger partial charge in [-0.1, -0.05) is 32.0 Å². The molecule has 15 nitrogen and oxygen atoms in total. The first-order valence-electron chi connectivity index (χ1n) is 13.0. The summed E-state index contributed by atoms with van der Waals surface area (Å²) in [6.07, 6.45) is 1.08. The van der Waals surface area contributed by atoms with Gasteiger partial charge in [0, 0.05) is 30.1 Å². The van der Waals surface area contributed by atoms with E-state index in [2.05, 4.69) is 25.9 Å². The average molecular weight is 575 g/mol. The maximum absolute atomic E-state index is 13.6. The summed E-state index contributed by atoms with van der Waals surface area (Å²) >= 11 is 0. The van der Waals surface area contributed by atoms with E-state index >= 15 is 0 Å². The summed E-state index contributed by atoms with van der Waals surface area (Å²) < 4.78 is 0. The molecule has 4 unspecified atom stereocenters. The second-order valence-corrected chi connectivity index (χ2v) is 9.90. The number of carboxylic acid groups (broad SMARTS) is 2. The Morgan fingerprint density at radius 2 is 1.54 bits per heavy atom. The van der Waals surface area contributed by atoms with Crippen molar-refractivity contribution in [3.05, 3.63) is 36.0 Å². The lowest BCUT2D eigenvalue weighted by Gasteiger charge is -2.25. The van der Waals surface area contributed by atoms with E-state index in [4.69, 9.17) is 22.3 Å². The fraction of sp³-hybridized carbons (Fsp3) is 0.462. The number of rotatable bonds is 16. The van der Waals surface area contributed by atoms with Gasteiger partial charge in [-0.25, -0.2) is 4.79 Å². The van der Waals surface area contributed by atoms with E-state index < -0.39 is 60.2 Å². The molecule has 4 atom stereocenters. The number of nitrogens with two attached hydrogens (primary N) is 3. The number of nitrogens with zero attached hydrogens (tertiary/aromatic N) is 1. The van der Waals surface area contributed by atoms with Crippen molar-refractivity contribution in [2.75, 3.05) is 6.54 Å². The van der Waals surface area contributed by atoms with Crippen LogP contribution in [0.3, 0.4) is 0 Å². The molecule has 12 N–H and O–H groups in total. The predicted molar refractivity (Wildman–Crippen MR) is 150 cm³/mol. The van der Waals surface area contributed by atoms with Crippen LogP contribution in [-0.4, -0.2) is 81.5 Å². The maximum atomic E-state index is 13.6. The molecule has 3 amide bonds. The standard InChI is InChI=1S/C26H38N8O7/c1-13(2)21(27)24(39)33-18(10-14-12-31-16-7-4-3-6-15(14)16)23(38)32-17(8-5-9-30-26(28)29)22(37)34-19(25(40)41)11-20(35)36/h3-4,6-7,12-13,17-19,21,31H,5,8-11,27H2,1-2H3,(H,32,38)(H,33,39)(H,34,37)(H,35,36)(H,40,41)(H4,28,29,30). The minimum Gasteiger partial charge on any atom is -0.481 e. The highest BCUT2D eigenvalue weighted by Crippen LogP contribution is 2.19. The van der Waals surface area contributed by atoms with Crippen molar-refractivity contribution < 1.29 is 34.2 Å². The zero-order valence-corrected chi connectivity index (χ0v) is 22.9. The second-order valence-electron chi connectivity index (χ2n) is 9.90. The molecule has 15 heteroatoms. The molecule has 0 fully saturated rings. The number of aliphatic carboxylic acids is 2. The van der Waals surface area contributed by atoms with E-state index in [0.717, 1.165) is 16.5 Å². The molecule has 1 heterocycles. The number of fused-ring (bicyclic) bond motifs is 1. The Hall–Kier alpha value is -4.66. The van der Waals surface area contributed by atoms with Gasteiger partial charge in [0.05, 0.1) is 12.5 Å². The molecule has 224 valence electrons. The molecule has 0 aliphatic heterocycles. The van der Waals surface area contributed by atoms with Gasteiger partial charge in [-0.15, -0.1) is 0 Å². The Balaban J connectivity index is 2.33. The van der Waals surface area contributed by atoms with Crippen molar-refractivity contribution in [1.82, 2.24) is 20.9 Å². The summed E-state index contributed by atoms with van der Waals surface area (Å²) in [5.74, 6) is -5.61. The van der Waals surface area contributed by atoms with Gasteiger partial charge < -0.3 is 48.3 Å². The minimum atomic E-state index is -1.73. The van der Waals surface area contributed by atoms with Crippen LogP contribution < -0.4 is 33.2 Å². The van der Waals surface area contributed by atoms with E-state index in [1.54, 1.807) is 20.0 Å². The number of aromatic nitrogens is 1. The highest BCUT2D eigenvalue weighted by molar-refractivity contribution is 5.95. The lowest BCUT2D eigenvalue weighted by Crippen LogP contribution is -2.58. The molecule has 0 saturated carbocycles. The van der Waals surface area contributed by atoms with Gasteiger partial charge in [0.15, 0.2) is 5.96 Å². The Kier molecular flexibility index (Phi) is 12.1. The van der Waals surface area contributed by atoms with Crippen molar-refractivity contribution in [2.24, 2.45) is 28.1 Å². The first kappa shape index (κ1) is 32.6. The number of amides is 3. The lowest BCUT2D eigenvalue weighted by molar-refractivity contribution is -0.147. The molecular weight excluding hydrogens is 536 g/mol. The Labute approximate surface area is 236 Å². The molecule has 2 aromatic rings. The molecular formula is C26H38N8O7. The van der Waals surface area contributed by atoms with E-state index in [9.17, 15) is 29.1 Å². The zero-order valence-electron chi connectivity index (χ0n) is 22.9. The number of hydrogen-bond donors (Lipinski definition) is 9. The number of guanidine groups is 1. The number of nitrogens with one attached hydrogen (secondary N) is 4. The van der Waals surface area contributed by atoms with Crippen LogP contribution in [-0.2, 0) is 30.4 Å². The van der Waals surface area contributed by atoms with Crippen LogP contribution in [0.1, 0.15) is 38.7 Å². The topological polar surface area (TPSA) is 268 Å². The number of benzene rings is 1. The number of carbonyl (C=O) groups is 5. The molecule has 2 rings (SSSR count). The fourth-order valence-electron chi connectivity index (χ4n) is 3.99. The van der Waals surface area contributed by atoms with Gasteiger partial charge in [-0.3, -0.25) is 24.2 Å². The summed E-state index contributed by atoms with van der Waals surface area (Å²) in [5.41, 5.74) is 18.2. The quantitative estimate of drug-likeness (QED) is 0.0653. The minimum absolute atomic E-state index is 0.0208. The monoisotopic (exact) mass is 574 g/mol. The maximum Gasteiger partial charge on any atom is 0.326 e. The number of aliphatic imine (C=N–C) groups is 1. The van der Waals surface area contributed by atoms with E-state index in [-0.39, 0.29) is 37.7 Å². The molecule has 41 heavy (non-hydrogen) atoms. The van der Waals surface area contributed by atoms with Crippen molar-refractivity contribution in [3.8, 4) is 0 Å². The first-order chi connectivity index (χ1) is 19.3. The highest BCUT2D eigenvalue weighted by Gasteiger charge is 2.32. The molecule has 0 aliphatic carbocycles. The van der Waals surface area contributed by atoms with Crippen LogP contribution in [0.5, 0.6) is 0 Å². The predicted octanol–water partition coefficient (Wildman–Crippen LogP) is -1.24. The molecule has 0 spiro atoms. The van der Waals surface area contributed by atoms with Crippen LogP contribution in [0.4, 0.5) is 0 Å². The number of hydrogen-bond acceptors (Lipinski definition) is 7. The van der Waals surface area contributed by atoms with Crippen LogP contribution in [0.2, 0.25) is 0 Å². The Morgan fingerprint density at radius 1 is 0.927 bits per heavy atom. The van der Waals surface area contributed by atoms with Gasteiger partial charge in [-0.2, -0.15) is 0 Å². The molecule has 0 bridgehead atoms. The van der Waals surface area contributed by atoms with Gasteiger partial charge in [-0.05, 0) is 30.4 Å². The van der Waals surface area contributed by atoms with Crippen LogP contribution >= 0.6 is 0 Å². The highest BCUT2D eigenvalue weighted by atomic mass is 16.4. The second kappa shape index (κ2) is 15.2. The van der Waals surface area contributed by atoms with Crippen LogP contribution in [0.25, 0.3) is 10.9 Å². The first-order valence-corrected chi connectivity index (χ1v) is 13.0. The summed E-state index contributed by atoms with van der Waals surface area (Å²) in [5, 5.41) is 26.6. The fourth-order valence-corrected chi connectivity index (χ4v) is 3.99. The van der Waals surface area contributed by atoms with Crippen molar-refractivity contribution in [2.45, 2.75) is 63.7 Å². The number of carboxylic acids is 2. The van der Waals surface area contributed by atoms with E-state index in [1.165, 1.54) is 0 Å². The summed E-state index contributed by atoms with van der Waals surface area (Å²) in [6, 6.07) is 2.29. The third-order valence-electron chi connectivity index (χ3n) is 6.32. The summed E-state index contributed by atoms with van der Waals surface area (Å²) in [4.78, 5) is 69.0. The molecule has 0 saturated heterocycles. The van der Waals surface area contributed by atoms with E-state index in [0.29, 0.717) is 0 Å². The molecule has 1 aromatic carbocycles. The number of aromatic amines is 1. The third-order valence-corrected chi connectivity index (χ3v) is 6.32. The van der Waals surface area contributed by atoms with Crippen molar-refractivity contribution >= 4 is 46.5 Å². The van der Waals surface area contributed by atoms with Crippen molar-refractivity contribution in [3.63, 3.8) is 0 Å². The largest absolute Gasteiger partial charge is 0.481 e. The Morgan fingerprint density at radius 3 is 2.15 bits per heavy atom. The lowest BCUT2D eigenvalue weighted by atomic mass is 10.0. The molecule has 1 aromatic heterocycles. The summed E-state index contributed by atoms with van der Waals surface area (Å²) in [7, 11) is 0. The zero-order chi connectivity index (χ0) is 30.7.